The van der Waals surface area contributed by atoms with Gasteiger partial charge in [-0.1, -0.05) is 6.42 Å². The van der Waals surface area contributed by atoms with Crippen LogP contribution in [0.15, 0.2) is 36.4 Å². The van der Waals surface area contributed by atoms with E-state index in [4.69, 9.17) is 5.26 Å². The fourth-order valence-corrected chi connectivity index (χ4v) is 3.14. The molecule has 0 amide bonds. The van der Waals surface area contributed by atoms with Crippen molar-refractivity contribution in [3.8, 4) is 11.8 Å². The first-order valence-electron chi connectivity index (χ1n) is 7.46. The molecule has 1 unspecified atom stereocenters. The molecular formula is C18H20N2O. The highest BCUT2D eigenvalue weighted by Crippen LogP contribution is 2.43. The van der Waals surface area contributed by atoms with Crippen LogP contribution in [0.2, 0.25) is 0 Å². The van der Waals surface area contributed by atoms with Crippen LogP contribution in [0.25, 0.3) is 5.69 Å². The maximum absolute atomic E-state index is 11.0. The average molecular weight is 280 g/mol. The third-order valence-electron chi connectivity index (χ3n) is 4.75. The first-order valence-corrected chi connectivity index (χ1v) is 7.46. The predicted molar refractivity (Wildman–Crippen MR) is 82.1 cm³/mol. The minimum Gasteiger partial charge on any atom is -0.384 e. The Morgan fingerprint density at radius 1 is 1.19 bits per heavy atom. The van der Waals surface area contributed by atoms with Crippen molar-refractivity contribution in [3.05, 3.63) is 53.3 Å². The molecule has 3 rings (SSSR count). The number of nitrogens with zero attached hydrogens (tertiary/aromatic N) is 2. The van der Waals surface area contributed by atoms with Crippen molar-refractivity contribution in [2.45, 2.75) is 38.7 Å². The van der Waals surface area contributed by atoms with Gasteiger partial charge in [-0.2, -0.15) is 5.26 Å². The summed E-state index contributed by atoms with van der Waals surface area (Å²) < 4.78 is 2.10. The number of benzene rings is 1. The van der Waals surface area contributed by atoms with Gasteiger partial charge in [0.15, 0.2) is 0 Å². The molecule has 1 N–H and O–H groups in total. The van der Waals surface area contributed by atoms with Gasteiger partial charge in [-0.15, -0.1) is 0 Å². The lowest BCUT2D eigenvalue weighted by molar-refractivity contribution is -0.0446. The summed E-state index contributed by atoms with van der Waals surface area (Å²) in [4.78, 5) is 0. The number of hydrogen-bond acceptors (Lipinski definition) is 2. The third-order valence-corrected chi connectivity index (χ3v) is 4.75. The average Bonchev–Trinajstić information content (AvgIpc) is 2.79. The van der Waals surface area contributed by atoms with Gasteiger partial charge in [-0.05, 0) is 69.0 Å². The van der Waals surface area contributed by atoms with Crippen molar-refractivity contribution < 1.29 is 5.11 Å². The number of rotatable bonds is 3. The van der Waals surface area contributed by atoms with Crippen molar-refractivity contribution in [2.75, 3.05) is 0 Å². The molecule has 1 heterocycles. The smallest absolute Gasteiger partial charge is 0.105 e. The summed E-state index contributed by atoms with van der Waals surface area (Å²) in [5.74, 6) is 0.337. The van der Waals surface area contributed by atoms with Gasteiger partial charge in [-0.3, -0.25) is 0 Å². The number of aliphatic hydroxyl groups is 1. The van der Waals surface area contributed by atoms with E-state index < -0.39 is 5.60 Å². The Morgan fingerprint density at radius 3 is 2.38 bits per heavy atom. The summed E-state index contributed by atoms with van der Waals surface area (Å²) >= 11 is 0. The van der Waals surface area contributed by atoms with Gasteiger partial charge in [0, 0.05) is 11.4 Å². The predicted octanol–water partition coefficient (Wildman–Crippen LogP) is 3.67. The molecule has 0 aliphatic heterocycles. The summed E-state index contributed by atoms with van der Waals surface area (Å²) in [5, 5.41) is 19.9. The lowest BCUT2D eigenvalue weighted by Crippen LogP contribution is -2.38. The largest absolute Gasteiger partial charge is 0.384 e. The summed E-state index contributed by atoms with van der Waals surface area (Å²) in [5.41, 5.74) is 2.87. The molecule has 1 fully saturated rings. The highest BCUT2D eigenvalue weighted by atomic mass is 16.3. The SMILES string of the molecule is Cc1ccc(C(C)(O)C2CCC2)n1-c1ccc(C#N)cc1. The summed E-state index contributed by atoms with van der Waals surface area (Å²) in [6.07, 6.45) is 3.38. The van der Waals surface area contributed by atoms with E-state index in [1.807, 2.05) is 50.2 Å². The zero-order chi connectivity index (χ0) is 15.0. The molecule has 2 aromatic rings. The van der Waals surface area contributed by atoms with Crippen LogP contribution >= 0.6 is 0 Å². The van der Waals surface area contributed by atoms with E-state index in [1.54, 1.807) is 0 Å². The lowest BCUT2D eigenvalue weighted by Gasteiger charge is -2.39. The minimum absolute atomic E-state index is 0.337. The van der Waals surface area contributed by atoms with Gasteiger partial charge < -0.3 is 9.67 Å². The lowest BCUT2D eigenvalue weighted by atomic mass is 9.72. The van der Waals surface area contributed by atoms with Gasteiger partial charge in [0.25, 0.3) is 0 Å². The number of aryl methyl sites for hydroxylation is 1. The quantitative estimate of drug-likeness (QED) is 0.932. The van der Waals surface area contributed by atoms with Crippen molar-refractivity contribution in [3.63, 3.8) is 0 Å². The van der Waals surface area contributed by atoms with Gasteiger partial charge in [-0.25, -0.2) is 0 Å². The van der Waals surface area contributed by atoms with Crippen LogP contribution in [0.4, 0.5) is 0 Å². The second-order valence-electron chi connectivity index (χ2n) is 6.13. The molecule has 0 spiro atoms. The van der Waals surface area contributed by atoms with Crippen LogP contribution in [0.1, 0.15) is 43.1 Å². The Bertz CT molecular complexity index is 685. The molecule has 1 aromatic carbocycles. The van der Waals surface area contributed by atoms with Gasteiger partial charge in [0.2, 0.25) is 0 Å². The molecule has 21 heavy (non-hydrogen) atoms. The Hall–Kier alpha value is -2.05. The molecule has 1 aromatic heterocycles. The maximum atomic E-state index is 11.0. The molecule has 0 saturated heterocycles. The Kier molecular flexibility index (Phi) is 3.35. The van der Waals surface area contributed by atoms with Crippen LogP contribution in [0.3, 0.4) is 0 Å². The topological polar surface area (TPSA) is 49.0 Å². The van der Waals surface area contributed by atoms with Crippen LogP contribution in [-0.4, -0.2) is 9.67 Å². The molecule has 1 aliphatic carbocycles. The molecule has 1 atom stereocenters. The first-order chi connectivity index (χ1) is 10.0. The summed E-state index contributed by atoms with van der Waals surface area (Å²) in [7, 11) is 0. The number of nitriles is 1. The van der Waals surface area contributed by atoms with E-state index >= 15 is 0 Å². The Morgan fingerprint density at radius 2 is 1.86 bits per heavy atom. The monoisotopic (exact) mass is 280 g/mol. The molecule has 3 heteroatoms. The molecular weight excluding hydrogens is 260 g/mol. The van der Waals surface area contributed by atoms with Gasteiger partial charge >= 0.3 is 0 Å². The van der Waals surface area contributed by atoms with Crippen molar-refractivity contribution in [2.24, 2.45) is 5.92 Å². The van der Waals surface area contributed by atoms with Crippen LogP contribution in [0, 0.1) is 24.2 Å². The van der Waals surface area contributed by atoms with Crippen LogP contribution < -0.4 is 0 Å². The van der Waals surface area contributed by atoms with Crippen LogP contribution in [-0.2, 0) is 5.60 Å². The number of aromatic nitrogens is 1. The minimum atomic E-state index is -0.805. The van der Waals surface area contributed by atoms with E-state index in [-0.39, 0.29) is 0 Å². The highest BCUT2D eigenvalue weighted by Gasteiger charge is 2.39. The van der Waals surface area contributed by atoms with E-state index in [0.717, 1.165) is 29.9 Å². The van der Waals surface area contributed by atoms with Gasteiger partial charge in [0.05, 0.1) is 17.3 Å². The van der Waals surface area contributed by atoms with Crippen LogP contribution in [0.5, 0.6) is 0 Å². The molecule has 0 radical (unpaired) electrons. The summed E-state index contributed by atoms with van der Waals surface area (Å²) in [6, 6.07) is 13.7. The van der Waals surface area contributed by atoms with E-state index in [9.17, 15) is 5.11 Å². The highest BCUT2D eigenvalue weighted by molar-refractivity contribution is 5.43. The number of hydrogen-bond donors (Lipinski definition) is 1. The summed E-state index contributed by atoms with van der Waals surface area (Å²) in [6.45, 7) is 3.96. The van der Waals surface area contributed by atoms with Crippen molar-refractivity contribution >= 4 is 0 Å². The zero-order valence-corrected chi connectivity index (χ0v) is 12.5. The van der Waals surface area contributed by atoms with E-state index in [2.05, 4.69) is 10.6 Å². The molecule has 3 nitrogen and oxygen atoms in total. The first kappa shape index (κ1) is 13.9. The molecule has 108 valence electrons. The molecule has 0 bridgehead atoms. The second-order valence-corrected chi connectivity index (χ2v) is 6.13. The molecule has 1 saturated carbocycles. The fourth-order valence-electron chi connectivity index (χ4n) is 3.14. The Labute approximate surface area is 125 Å². The maximum Gasteiger partial charge on any atom is 0.105 e. The fraction of sp³-hybridized carbons (Fsp3) is 0.389. The zero-order valence-electron chi connectivity index (χ0n) is 12.5. The standard InChI is InChI=1S/C18H20N2O/c1-13-6-11-17(18(2,21)15-4-3-5-15)20(13)16-9-7-14(12-19)8-10-16/h6-11,15,21H,3-5H2,1-2H3. The van der Waals surface area contributed by atoms with Gasteiger partial charge in [0.1, 0.15) is 5.60 Å². The van der Waals surface area contributed by atoms with E-state index in [1.165, 1.54) is 6.42 Å². The van der Waals surface area contributed by atoms with Crippen molar-refractivity contribution in [1.29, 1.82) is 5.26 Å². The Balaban J connectivity index is 2.06. The second kappa shape index (κ2) is 5.05. The van der Waals surface area contributed by atoms with Crippen molar-refractivity contribution in [1.82, 2.24) is 4.57 Å². The normalized spacial score (nSPS) is 17.8. The third kappa shape index (κ3) is 2.26. The molecule has 1 aliphatic rings. The van der Waals surface area contributed by atoms with E-state index in [0.29, 0.717) is 11.5 Å².